The van der Waals surface area contributed by atoms with E-state index in [4.69, 9.17) is 0 Å². The van der Waals surface area contributed by atoms with Gasteiger partial charge in [-0.15, -0.1) is 0 Å². The maximum Gasteiger partial charge on any atom is 0.253 e. The van der Waals surface area contributed by atoms with Gasteiger partial charge < -0.3 is 10.6 Å². The van der Waals surface area contributed by atoms with E-state index in [1.807, 2.05) is 12.1 Å². The smallest absolute Gasteiger partial charge is 0.253 e. The Balaban J connectivity index is 1.74. The van der Waals surface area contributed by atoms with Crippen molar-refractivity contribution < 1.29 is 4.79 Å². The van der Waals surface area contributed by atoms with Gasteiger partial charge in [0, 0.05) is 13.6 Å². The van der Waals surface area contributed by atoms with Crippen molar-refractivity contribution in [1.29, 1.82) is 0 Å². The fourth-order valence-electron chi connectivity index (χ4n) is 2.42. The third-order valence-corrected chi connectivity index (χ3v) is 3.37. The third kappa shape index (κ3) is 2.49. The predicted molar refractivity (Wildman–Crippen MR) is 75.4 cm³/mol. The Bertz CT molecular complexity index is 634. The summed E-state index contributed by atoms with van der Waals surface area (Å²) < 4.78 is 1.62. The summed E-state index contributed by atoms with van der Waals surface area (Å²) in [6, 6.07) is 5.84. The van der Waals surface area contributed by atoms with Crippen molar-refractivity contribution in [2.24, 2.45) is 7.05 Å². The molecule has 0 radical (unpaired) electrons. The molecule has 1 aromatic carbocycles. The van der Waals surface area contributed by atoms with Crippen molar-refractivity contribution in [2.45, 2.75) is 19.4 Å². The minimum Gasteiger partial charge on any atom is -0.384 e. The minimum absolute atomic E-state index is 0.0938. The Morgan fingerprint density at radius 2 is 2.40 bits per heavy atom. The fraction of sp³-hybridized carbons (Fsp3) is 0.357. The van der Waals surface area contributed by atoms with Crippen molar-refractivity contribution in [1.82, 2.24) is 20.1 Å². The molecule has 0 unspecified atom stereocenters. The highest BCUT2D eigenvalue weighted by molar-refractivity contribution is 6.00. The zero-order valence-electron chi connectivity index (χ0n) is 11.4. The lowest BCUT2D eigenvalue weighted by atomic mass is 9.99. The zero-order valence-corrected chi connectivity index (χ0v) is 11.4. The van der Waals surface area contributed by atoms with Gasteiger partial charge in [0.15, 0.2) is 5.82 Å². The van der Waals surface area contributed by atoms with E-state index < -0.39 is 0 Å². The largest absolute Gasteiger partial charge is 0.384 e. The first-order valence-electron chi connectivity index (χ1n) is 6.72. The molecule has 0 spiro atoms. The van der Waals surface area contributed by atoms with Gasteiger partial charge in [0.05, 0.1) is 17.8 Å². The Morgan fingerprint density at radius 1 is 1.50 bits per heavy atom. The number of anilines is 1. The van der Waals surface area contributed by atoms with Gasteiger partial charge in [0.2, 0.25) is 0 Å². The van der Waals surface area contributed by atoms with Gasteiger partial charge in [-0.3, -0.25) is 9.48 Å². The number of hydrogen-bond donors (Lipinski definition) is 2. The van der Waals surface area contributed by atoms with E-state index in [2.05, 4.69) is 26.8 Å². The first-order valence-corrected chi connectivity index (χ1v) is 6.72. The predicted octanol–water partition coefficient (Wildman–Crippen LogP) is 1.10. The fourth-order valence-corrected chi connectivity index (χ4v) is 2.42. The average molecular weight is 271 g/mol. The number of amides is 1. The van der Waals surface area contributed by atoms with Crippen LogP contribution in [0.1, 0.15) is 28.2 Å². The Labute approximate surface area is 117 Å². The lowest BCUT2D eigenvalue weighted by Crippen LogP contribution is -2.26. The first-order chi connectivity index (χ1) is 9.74. The zero-order chi connectivity index (χ0) is 13.9. The number of fused-ring (bicyclic) bond motifs is 1. The average Bonchev–Trinajstić information content (AvgIpc) is 2.90. The highest BCUT2D eigenvalue weighted by Crippen LogP contribution is 2.25. The minimum atomic E-state index is -0.0938. The van der Waals surface area contributed by atoms with Gasteiger partial charge in [0.25, 0.3) is 5.91 Å². The van der Waals surface area contributed by atoms with E-state index in [9.17, 15) is 4.79 Å². The molecule has 20 heavy (non-hydrogen) atoms. The SMILES string of the molecule is Cn1cnc(CNC(=O)c2cccc3c2NCCC3)n1. The standard InChI is InChI=1S/C14H17N5O/c1-19-9-17-12(18-19)8-16-14(20)11-6-2-4-10-5-3-7-15-13(10)11/h2,4,6,9,15H,3,5,7-8H2,1H3,(H,16,20). The summed E-state index contributed by atoms with van der Waals surface area (Å²) in [6.45, 7) is 1.25. The van der Waals surface area contributed by atoms with Crippen molar-refractivity contribution in [3.8, 4) is 0 Å². The lowest BCUT2D eigenvalue weighted by Gasteiger charge is -2.20. The van der Waals surface area contributed by atoms with Crippen LogP contribution in [0, 0.1) is 0 Å². The molecule has 1 aliphatic heterocycles. The van der Waals surface area contributed by atoms with Crippen LogP contribution < -0.4 is 10.6 Å². The van der Waals surface area contributed by atoms with E-state index in [0.717, 1.165) is 25.1 Å². The van der Waals surface area contributed by atoms with E-state index >= 15 is 0 Å². The molecule has 1 aliphatic rings. The van der Waals surface area contributed by atoms with E-state index in [0.29, 0.717) is 17.9 Å². The van der Waals surface area contributed by atoms with Gasteiger partial charge in [0.1, 0.15) is 6.33 Å². The molecule has 2 N–H and O–H groups in total. The van der Waals surface area contributed by atoms with Crippen LogP contribution in [0.3, 0.4) is 0 Å². The summed E-state index contributed by atoms with van der Waals surface area (Å²) in [5, 5.41) is 10.3. The number of para-hydroxylation sites is 1. The van der Waals surface area contributed by atoms with Crippen LogP contribution in [-0.2, 0) is 20.0 Å². The summed E-state index contributed by atoms with van der Waals surface area (Å²) in [7, 11) is 1.80. The molecular weight excluding hydrogens is 254 g/mol. The van der Waals surface area contributed by atoms with E-state index in [1.54, 1.807) is 18.1 Å². The van der Waals surface area contributed by atoms with Crippen molar-refractivity contribution >= 4 is 11.6 Å². The molecule has 0 fully saturated rings. The summed E-state index contributed by atoms with van der Waals surface area (Å²) >= 11 is 0. The maximum absolute atomic E-state index is 12.3. The van der Waals surface area contributed by atoms with Gasteiger partial charge in [-0.2, -0.15) is 5.10 Å². The van der Waals surface area contributed by atoms with Crippen molar-refractivity contribution in [2.75, 3.05) is 11.9 Å². The number of carbonyl (C=O) groups is 1. The van der Waals surface area contributed by atoms with E-state index in [1.165, 1.54) is 5.56 Å². The van der Waals surface area contributed by atoms with Gasteiger partial charge >= 0.3 is 0 Å². The second-order valence-corrected chi connectivity index (χ2v) is 4.89. The second-order valence-electron chi connectivity index (χ2n) is 4.89. The van der Waals surface area contributed by atoms with Crippen LogP contribution in [0.5, 0.6) is 0 Å². The van der Waals surface area contributed by atoms with Crippen LogP contribution in [0.2, 0.25) is 0 Å². The summed E-state index contributed by atoms with van der Waals surface area (Å²) in [4.78, 5) is 16.4. The number of aromatic nitrogens is 3. The number of carbonyl (C=O) groups excluding carboxylic acids is 1. The molecule has 0 aliphatic carbocycles. The normalized spacial score (nSPS) is 13.4. The number of nitrogens with one attached hydrogen (secondary N) is 2. The topological polar surface area (TPSA) is 71.8 Å². The van der Waals surface area contributed by atoms with Crippen LogP contribution in [0.15, 0.2) is 24.5 Å². The molecule has 1 amide bonds. The van der Waals surface area contributed by atoms with Crippen LogP contribution in [-0.4, -0.2) is 27.2 Å². The third-order valence-electron chi connectivity index (χ3n) is 3.37. The second kappa shape index (κ2) is 5.32. The quantitative estimate of drug-likeness (QED) is 0.877. The summed E-state index contributed by atoms with van der Waals surface area (Å²) in [5.41, 5.74) is 2.86. The summed E-state index contributed by atoms with van der Waals surface area (Å²) in [5.74, 6) is 0.516. The van der Waals surface area contributed by atoms with Crippen LogP contribution in [0.25, 0.3) is 0 Å². The Morgan fingerprint density at radius 3 is 3.20 bits per heavy atom. The van der Waals surface area contributed by atoms with Crippen molar-refractivity contribution in [3.05, 3.63) is 41.5 Å². The number of benzene rings is 1. The van der Waals surface area contributed by atoms with Gasteiger partial charge in [-0.25, -0.2) is 4.98 Å². The van der Waals surface area contributed by atoms with Crippen LogP contribution in [0.4, 0.5) is 5.69 Å². The lowest BCUT2D eigenvalue weighted by molar-refractivity contribution is 0.0950. The number of aryl methyl sites for hydroxylation is 2. The molecular formula is C14H17N5O. The number of nitrogens with zero attached hydrogens (tertiary/aromatic N) is 3. The number of hydrogen-bond acceptors (Lipinski definition) is 4. The Hall–Kier alpha value is -2.37. The molecule has 104 valence electrons. The van der Waals surface area contributed by atoms with E-state index in [-0.39, 0.29) is 5.91 Å². The van der Waals surface area contributed by atoms with Crippen LogP contribution >= 0.6 is 0 Å². The first kappa shape index (κ1) is 12.7. The van der Waals surface area contributed by atoms with Gasteiger partial charge in [-0.1, -0.05) is 12.1 Å². The molecule has 0 atom stereocenters. The molecule has 6 heteroatoms. The summed E-state index contributed by atoms with van der Waals surface area (Å²) in [6.07, 6.45) is 3.74. The highest BCUT2D eigenvalue weighted by Gasteiger charge is 2.17. The van der Waals surface area contributed by atoms with Gasteiger partial charge in [-0.05, 0) is 24.5 Å². The molecule has 2 heterocycles. The molecule has 2 aromatic rings. The molecule has 0 saturated heterocycles. The van der Waals surface area contributed by atoms with Crippen molar-refractivity contribution in [3.63, 3.8) is 0 Å². The number of rotatable bonds is 3. The molecule has 0 saturated carbocycles. The molecule has 1 aromatic heterocycles. The molecule has 3 rings (SSSR count). The monoisotopic (exact) mass is 271 g/mol. The Kier molecular flexibility index (Phi) is 3.37. The highest BCUT2D eigenvalue weighted by atomic mass is 16.1. The molecule has 0 bridgehead atoms. The maximum atomic E-state index is 12.3. The molecule has 6 nitrogen and oxygen atoms in total.